The molecule has 0 radical (unpaired) electrons. The van der Waals surface area contributed by atoms with Crippen LogP contribution in [0.1, 0.15) is 50.6 Å². The van der Waals surface area contributed by atoms with Gasteiger partial charge >= 0.3 is 0 Å². The van der Waals surface area contributed by atoms with Crippen LogP contribution in [-0.2, 0) is 4.79 Å². The lowest BCUT2D eigenvalue weighted by Crippen LogP contribution is -2.40. The van der Waals surface area contributed by atoms with Crippen LogP contribution < -0.4 is 5.73 Å². The summed E-state index contributed by atoms with van der Waals surface area (Å²) >= 11 is 0. The number of hydrogen-bond acceptors (Lipinski definition) is 2. The van der Waals surface area contributed by atoms with Gasteiger partial charge in [-0.2, -0.15) is 0 Å². The molecule has 1 amide bonds. The smallest absolute Gasteiger partial charge is 0.226 e. The van der Waals surface area contributed by atoms with Crippen LogP contribution in [0, 0.1) is 17.7 Å². The standard InChI is InChI=1S/C18H25FN2O.ClH/c1-12-8-9-21(17(12)13-4-2-6-15(19)10-13)18(22)14-5-3-7-16(20)11-14;/h2,4,6,10,12,14,16-17H,3,5,7-9,11,20H2,1H3;1H. The highest BCUT2D eigenvalue weighted by Crippen LogP contribution is 2.39. The van der Waals surface area contributed by atoms with Crippen LogP contribution >= 0.6 is 12.4 Å². The zero-order chi connectivity index (χ0) is 15.7. The summed E-state index contributed by atoms with van der Waals surface area (Å²) in [6, 6.07) is 6.84. The third-order valence-electron chi connectivity index (χ3n) is 5.24. The highest BCUT2D eigenvalue weighted by Gasteiger charge is 2.39. The number of carbonyl (C=O) groups excluding carboxylic acids is 1. The van der Waals surface area contributed by atoms with Crippen LogP contribution in [0.2, 0.25) is 0 Å². The first kappa shape index (κ1) is 18.2. The van der Waals surface area contributed by atoms with E-state index >= 15 is 0 Å². The van der Waals surface area contributed by atoms with Gasteiger partial charge in [0.15, 0.2) is 0 Å². The molecule has 0 aromatic heterocycles. The van der Waals surface area contributed by atoms with Crippen LogP contribution in [-0.4, -0.2) is 23.4 Å². The SMILES string of the molecule is CC1CCN(C(=O)C2CCCC(N)C2)C1c1cccc(F)c1.Cl. The molecule has 2 fully saturated rings. The Labute approximate surface area is 143 Å². The number of carbonyl (C=O) groups is 1. The first-order chi connectivity index (χ1) is 10.6. The number of amides is 1. The van der Waals surface area contributed by atoms with Crippen LogP contribution in [0.3, 0.4) is 0 Å². The van der Waals surface area contributed by atoms with Crippen molar-refractivity contribution < 1.29 is 9.18 Å². The zero-order valence-electron chi connectivity index (χ0n) is 13.6. The van der Waals surface area contributed by atoms with Gasteiger partial charge in [0.1, 0.15) is 5.82 Å². The van der Waals surface area contributed by atoms with E-state index in [1.54, 1.807) is 12.1 Å². The summed E-state index contributed by atoms with van der Waals surface area (Å²) in [6.07, 6.45) is 4.76. The van der Waals surface area contributed by atoms with E-state index < -0.39 is 0 Å². The Morgan fingerprint density at radius 2 is 2.09 bits per heavy atom. The Kier molecular flexibility index (Phi) is 6.04. The molecule has 3 nitrogen and oxygen atoms in total. The van der Waals surface area contributed by atoms with Gasteiger partial charge in [-0.3, -0.25) is 4.79 Å². The predicted molar refractivity (Wildman–Crippen MR) is 91.8 cm³/mol. The zero-order valence-corrected chi connectivity index (χ0v) is 14.4. The summed E-state index contributed by atoms with van der Waals surface area (Å²) < 4.78 is 13.6. The second kappa shape index (κ2) is 7.63. The van der Waals surface area contributed by atoms with Gasteiger partial charge in [0.05, 0.1) is 6.04 Å². The minimum absolute atomic E-state index is 0. The maximum Gasteiger partial charge on any atom is 0.226 e. The van der Waals surface area contributed by atoms with Gasteiger partial charge in [-0.15, -0.1) is 12.4 Å². The molecule has 1 aliphatic carbocycles. The molecule has 23 heavy (non-hydrogen) atoms. The lowest BCUT2D eigenvalue weighted by molar-refractivity contribution is -0.138. The van der Waals surface area contributed by atoms with Crippen molar-refractivity contribution in [3.05, 3.63) is 35.6 Å². The lowest BCUT2D eigenvalue weighted by Gasteiger charge is -2.33. The van der Waals surface area contributed by atoms with Crippen molar-refractivity contribution in [3.8, 4) is 0 Å². The first-order valence-corrected chi connectivity index (χ1v) is 8.38. The highest BCUT2D eigenvalue weighted by atomic mass is 35.5. The van der Waals surface area contributed by atoms with E-state index in [1.807, 2.05) is 11.0 Å². The Morgan fingerprint density at radius 1 is 1.30 bits per heavy atom. The third kappa shape index (κ3) is 3.86. The topological polar surface area (TPSA) is 46.3 Å². The fraction of sp³-hybridized carbons (Fsp3) is 0.611. The Morgan fingerprint density at radius 3 is 2.78 bits per heavy atom. The van der Waals surface area contributed by atoms with Crippen LogP contribution in [0.25, 0.3) is 0 Å². The van der Waals surface area contributed by atoms with Crippen LogP contribution in [0.4, 0.5) is 4.39 Å². The average molecular weight is 341 g/mol. The number of hydrogen-bond donors (Lipinski definition) is 1. The van der Waals surface area contributed by atoms with E-state index in [0.29, 0.717) is 5.92 Å². The molecular weight excluding hydrogens is 315 g/mol. The van der Waals surface area contributed by atoms with E-state index in [2.05, 4.69) is 6.92 Å². The Bertz CT molecular complexity index is 554. The van der Waals surface area contributed by atoms with Crippen molar-refractivity contribution in [2.45, 2.75) is 51.1 Å². The fourth-order valence-corrected chi connectivity index (χ4v) is 4.08. The molecule has 2 N–H and O–H groups in total. The van der Waals surface area contributed by atoms with Gasteiger partial charge in [0.25, 0.3) is 0 Å². The predicted octanol–water partition coefficient (Wildman–Crippen LogP) is 3.67. The lowest BCUT2D eigenvalue weighted by atomic mass is 9.84. The Hall–Kier alpha value is -1.13. The van der Waals surface area contributed by atoms with Crippen molar-refractivity contribution in [2.24, 2.45) is 17.6 Å². The van der Waals surface area contributed by atoms with Gasteiger partial charge in [0.2, 0.25) is 5.91 Å². The van der Waals surface area contributed by atoms with Gasteiger partial charge < -0.3 is 10.6 Å². The maximum absolute atomic E-state index is 13.6. The van der Waals surface area contributed by atoms with Gasteiger partial charge in [-0.05, 0) is 49.3 Å². The van der Waals surface area contributed by atoms with Crippen molar-refractivity contribution in [1.82, 2.24) is 4.90 Å². The highest BCUT2D eigenvalue weighted by molar-refractivity contribution is 5.85. The molecule has 128 valence electrons. The molecule has 1 saturated heterocycles. The minimum atomic E-state index is -0.233. The van der Waals surface area contributed by atoms with Crippen molar-refractivity contribution >= 4 is 18.3 Å². The molecular formula is C18H26ClFN2O. The number of benzene rings is 1. The molecule has 1 heterocycles. The number of nitrogens with zero attached hydrogens (tertiary/aromatic N) is 1. The molecule has 4 atom stereocenters. The Balaban J connectivity index is 0.00000192. The van der Waals surface area contributed by atoms with Crippen molar-refractivity contribution in [2.75, 3.05) is 6.54 Å². The quantitative estimate of drug-likeness (QED) is 0.892. The van der Waals surface area contributed by atoms with Gasteiger partial charge in [-0.25, -0.2) is 4.39 Å². The summed E-state index contributed by atoms with van der Waals surface area (Å²) in [5.74, 6) is 0.394. The van der Waals surface area contributed by atoms with Gasteiger partial charge in [-0.1, -0.05) is 25.5 Å². The van der Waals surface area contributed by atoms with E-state index in [0.717, 1.165) is 44.2 Å². The molecule has 2 aliphatic rings. The maximum atomic E-state index is 13.6. The summed E-state index contributed by atoms with van der Waals surface area (Å²) in [5, 5.41) is 0. The van der Waals surface area contributed by atoms with Crippen LogP contribution in [0.15, 0.2) is 24.3 Å². The minimum Gasteiger partial charge on any atom is -0.335 e. The van der Waals surface area contributed by atoms with Crippen molar-refractivity contribution in [1.29, 1.82) is 0 Å². The van der Waals surface area contributed by atoms with Gasteiger partial charge in [0, 0.05) is 18.5 Å². The number of halogens is 2. The molecule has 1 aromatic carbocycles. The number of nitrogens with two attached hydrogens (primary N) is 1. The number of likely N-dealkylation sites (tertiary alicyclic amines) is 1. The summed E-state index contributed by atoms with van der Waals surface area (Å²) in [6.45, 7) is 2.92. The molecule has 0 spiro atoms. The average Bonchev–Trinajstić information content (AvgIpc) is 2.88. The molecule has 3 rings (SSSR count). The van der Waals surface area contributed by atoms with Crippen molar-refractivity contribution in [3.63, 3.8) is 0 Å². The largest absolute Gasteiger partial charge is 0.335 e. The third-order valence-corrected chi connectivity index (χ3v) is 5.24. The molecule has 0 bridgehead atoms. The molecule has 1 saturated carbocycles. The summed E-state index contributed by atoms with van der Waals surface area (Å²) in [4.78, 5) is 14.9. The normalized spacial score (nSPS) is 30.8. The molecule has 1 aliphatic heterocycles. The van der Waals surface area contributed by atoms with Crippen LogP contribution in [0.5, 0.6) is 0 Å². The first-order valence-electron chi connectivity index (χ1n) is 8.38. The van der Waals surface area contributed by atoms with E-state index in [4.69, 9.17) is 5.73 Å². The molecule has 1 aromatic rings. The monoisotopic (exact) mass is 340 g/mol. The second-order valence-corrected chi connectivity index (χ2v) is 6.92. The molecule has 5 heteroatoms. The fourth-order valence-electron chi connectivity index (χ4n) is 4.08. The second-order valence-electron chi connectivity index (χ2n) is 6.92. The summed E-state index contributed by atoms with van der Waals surface area (Å²) in [7, 11) is 0. The van der Waals surface area contributed by atoms with E-state index in [9.17, 15) is 9.18 Å². The van der Waals surface area contributed by atoms with E-state index in [1.165, 1.54) is 6.07 Å². The number of rotatable bonds is 2. The molecule has 4 unspecified atom stereocenters. The summed E-state index contributed by atoms with van der Waals surface area (Å²) in [5.41, 5.74) is 6.95. The van der Waals surface area contributed by atoms with E-state index in [-0.39, 0.29) is 42.1 Å².